The van der Waals surface area contributed by atoms with Gasteiger partial charge in [0.15, 0.2) is 0 Å². The molecule has 72 heavy (non-hydrogen) atoms. The third-order valence-corrected chi connectivity index (χ3v) is 17.0. The maximum Gasteiger partial charge on any atom is 0.245 e. The van der Waals surface area contributed by atoms with Gasteiger partial charge in [0.1, 0.15) is 0 Å². The largest absolute Gasteiger partial charge is 0.343 e. The van der Waals surface area contributed by atoms with E-state index >= 15 is 0 Å². The fraction of sp³-hybridized carbons (Fsp3) is 0.645. The highest BCUT2D eigenvalue weighted by atomic mass is 16.2. The van der Waals surface area contributed by atoms with Crippen molar-refractivity contribution in [3.8, 4) is 0 Å². The molecule has 0 bridgehead atoms. The molecule has 0 radical (unpaired) electrons. The smallest absolute Gasteiger partial charge is 0.245 e. The Labute approximate surface area is 440 Å². The first-order valence-corrected chi connectivity index (χ1v) is 28.6. The fourth-order valence-electron chi connectivity index (χ4n) is 11.6. The Morgan fingerprint density at radius 1 is 0.625 bits per heavy atom. The minimum atomic E-state index is 0.0139. The van der Waals surface area contributed by atoms with Crippen molar-refractivity contribution in [3.05, 3.63) is 120 Å². The molecule has 3 aromatic rings. The van der Waals surface area contributed by atoms with E-state index in [1.54, 1.807) is 4.90 Å². The molecule has 5 aliphatic rings. The van der Waals surface area contributed by atoms with E-state index in [1.807, 2.05) is 24.8 Å². The van der Waals surface area contributed by atoms with E-state index in [-0.39, 0.29) is 17.4 Å². The molecule has 3 heterocycles. The molecule has 3 unspecified atom stereocenters. The molecule has 5 fully saturated rings. The topological polar surface area (TPSA) is 91.6 Å². The predicted molar refractivity (Wildman–Crippen MR) is 305 cm³/mol. The Kier molecular flexibility index (Phi) is 26.2. The van der Waals surface area contributed by atoms with Crippen LogP contribution in [0.4, 0.5) is 0 Å². The molecule has 3 N–H and O–H groups in total. The quantitative estimate of drug-likeness (QED) is 0.115. The predicted octanol–water partition coefficient (Wildman–Crippen LogP) is 11.1. The number of amides is 2. The zero-order valence-corrected chi connectivity index (χ0v) is 47.3. The van der Waals surface area contributed by atoms with Crippen molar-refractivity contribution in [2.45, 2.75) is 150 Å². The number of hydrogen-bond donors (Lipinski definition) is 2. The highest BCUT2D eigenvalue weighted by molar-refractivity contribution is 5.86. The van der Waals surface area contributed by atoms with Gasteiger partial charge in [-0.25, -0.2) is 0 Å². The first-order valence-electron chi connectivity index (χ1n) is 28.6. The van der Waals surface area contributed by atoms with E-state index < -0.39 is 0 Å². The maximum atomic E-state index is 12.4. The summed E-state index contributed by atoms with van der Waals surface area (Å²) >= 11 is 0. The van der Waals surface area contributed by atoms with Crippen molar-refractivity contribution in [2.75, 3.05) is 91.6 Å². The van der Waals surface area contributed by atoms with Gasteiger partial charge in [-0.3, -0.25) is 29.2 Å². The molecule has 10 heteroatoms. The summed E-state index contributed by atoms with van der Waals surface area (Å²) in [5.74, 6) is 2.19. The van der Waals surface area contributed by atoms with E-state index in [2.05, 4.69) is 179 Å². The molecule has 3 aliphatic heterocycles. The highest BCUT2D eigenvalue weighted by Gasteiger charge is 2.54. The number of likely N-dealkylation sites (tertiary alicyclic amines) is 2. The average molecular weight is 992 g/mol. The van der Waals surface area contributed by atoms with Crippen molar-refractivity contribution in [2.24, 2.45) is 23.5 Å². The Morgan fingerprint density at radius 3 is 1.49 bits per heavy atom. The molecule has 402 valence electrons. The lowest BCUT2D eigenvalue weighted by Gasteiger charge is -2.35. The molecule has 3 aromatic carbocycles. The molecule has 6 atom stereocenters. The molecular weight excluding hydrogens is 889 g/mol. The van der Waals surface area contributed by atoms with Gasteiger partial charge < -0.3 is 20.9 Å². The van der Waals surface area contributed by atoms with Crippen molar-refractivity contribution in [1.82, 2.24) is 34.7 Å². The number of benzene rings is 3. The SMILES string of the molecule is C=CC(=O)N(CC)CC.CCN(CC)C(=O)C1CCN([C@@H](C)c2ccccc2)C1.CCN(CC)C1(C2CCN([C@@H](C)c3ccccc3)C2)CC1.CCN(CC)[C@@H](C)c1ccccc1.NC1(C2CCNC2)CC1. The lowest BCUT2D eigenvalue weighted by molar-refractivity contribution is -0.134. The number of nitrogens with one attached hydrogen (secondary N) is 1. The van der Waals surface area contributed by atoms with Gasteiger partial charge in [-0.05, 0) is 180 Å². The number of carbonyl (C=O) groups excluding carboxylic acids is 2. The highest BCUT2D eigenvalue weighted by Crippen LogP contribution is 2.51. The van der Waals surface area contributed by atoms with E-state index in [4.69, 9.17) is 5.73 Å². The first-order chi connectivity index (χ1) is 34.7. The Balaban J connectivity index is 0.000000204. The van der Waals surface area contributed by atoms with Crippen LogP contribution >= 0.6 is 0 Å². The molecule has 3 saturated heterocycles. The van der Waals surface area contributed by atoms with Crippen LogP contribution < -0.4 is 11.1 Å². The van der Waals surface area contributed by atoms with Crippen LogP contribution in [0.15, 0.2) is 104 Å². The Bertz CT molecular complexity index is 1940. The molecule has 2 saturated carbocycles. The fourth-order valence-corrected chi connectivity index (χ4v) is 11.6. The van der Waals surface area contributed by atoms with Crippen LogP contribution in [0.1, 0.15) is 156 Å². The van der Waals surface area contributed by atoms with E-state index in [0.717, 1.165) is 77.2 Å². The number of rotatable bonds is 19. The van der Waals surface area contributed by atoms with Gasteiger partial charge in [0.2, 0.25) is 11.8 Å². The van der Waals surface area contributed by atoms with Gasteiger partial charge in [-0.1, -0.05) is 125 Å². The van der Waals surface area contributed by atoms with Crippen LogP contribution in [0.3, 0.4) is 0 Å². The second-order valence-corrected chi connectivity index (χ2v) is 20.9. The number of nitrogens with two attached hydrogens (primary N) is 1. The second kappa shape index (κ2) is 31.1. The minimum absolute atomic E-state index is 0.0139. The standard InChI is InChI=1S/C19H30N2.C17H26N2O.C12H19N.C7H14N2.C7H13NO/c1-4-21(5-2)19(12-13-19)18-11-14-20(15-18)16(3)17-9-7-6-8-10-17;1-4-18(5-2)17(20)16-11-12-19(13-16)14(3)15-9-7-6-8-10-15;1-4-13(5-2)11(3)12-9-7-6-8-10-12;8-7(2-3-7)6-1-4-9-5-6;1-4-7(9)8(5-2)6-3/h6-10,16,18H,4-5,11-15H2,1-3H3;6-10,14,16H,4-5,11-13H2,1-3H3;6-11H,4-5H2,1-3H3;6,9H,1-5,8H2;4H,1,5-6H2,2-3H3/t16-,18?;14-,16?;11-;;/m000../s1. The molecule has 0 spiro atoms. The number of nitrogens with zero attached hydrogens (tertiary/aromatic N) is 6. The van der Waals surface area contributed by atoms with Gasteiger partial charge in [-0.15, -0.1) is 0 Å². The van der Waals surface area contributed by atoms with Crippen LogP contribution in [0.25, 0.3) is 0 Å². The molecule has 2 amide bonds. The summed E-state index contributed by atoms with van der Waals surface area (Å²) in [6.45, 7) is 42.0. The third kappa shape index (κ3) is 17.3. The number of likely N-dealkylation sites (N-methyl/N-ethyl adjacent to an activating group) is 1. The summed E-state index contributed by atoms with van der Waals surface area (Å²) in [7, 11) is 0. The van der Waals surface area contributed by atoms with Gasteiger partial charge in [0.05, 0.1) is 5.92 Å². The Hall–Kier alpha value is -3.90. The zero-order chi connectivity index (χ0) is 52.7. The van der Waals surface area contributed by atoms with E-state index in [9.17, 15) is 9.59 Å². The van der Waals surface area contributed by atoms with Crippen LogP contribution in [0.5, 0.6) is 0 Å². The third-order valence-electron chi connectivity index (χ3n) is 17.0. The summed E-state index contributed by atoms with van der Waals surface area (Å²) < 4.78 is 0. The van der Waals surface area contributed by atoms with Crippen molar-refractivity contribution >= 4 is 11.8 Å². The van der Waals surface area contributed by atoms with Crippen molar-refractivity contribution < 1.29 is 9.59 Å². The molecule has 2 aliphatic carbocycles. The summed E-state index contributed by atoms with van der Waals surface area (Å²) in [6, 6.07) is 33.7. The van der Waals surface area contributed by atoms with Gasteiger partial charge >= 0.3 is 0 Å². The van der Waals surface area contributed by atoms with Crippen molar-refractivity contribution in [1.29, 1.82) is 0 Å². The van der Waals surface area contributed by atoms with E-state index in [1.165, 1.54) is 94.0 Å². The molecular formula is C62H102N8O2. The normalized spacial score (nSPS) is 21.8. The molecule has 10 nitrogen and oxygen atoms in total. The Morgan fingerprint density at radius 2 is 1.10 bits per heavy atom. The maximum absolute atomic E-state index is 12.4. The van der Waals surface area contributed by atoms with Gasteiger partial charge in [0, 0.05) is 68.5 Å². The van der Waals surface area contributed by atoms with Crippen LogP contribution in [0.2, 0.25) is 0 Å². The second-order valence-electron chi connectivity index (χ2n) is 20.9. The molecule has 0 aromatic heterocycles. The average Bonchev–Trinajstić information content (AvgIpc) is 4.05. The summed E-state index contributed by atoms with van der Waals surface area (Å²) in [6.07, 6.45) is 10.4. The van der Waals surface area contributed by atoms with Crippen LogP contribution in [-0.4, -0.2) is 144 Å². The van der Waals surface area contributed by atoms with Crippen LogP contribution in [-0.2, 0) is 9.59 Å². The zero-order valence-electron chi connectivity index (χ0n) is 47.3. The molecule has 8 rings (SSSR count). The number of carbonyl (C=O) groups is 2. The summed E-state index contributed by atoms with van der Waals surface area (Å²) in [5.41, 5.74) is 11.0. The van der Waals surface area contributed by atoms with Gasteiger partial charge in [-0.2, -0.15) is 0 Å². The van der Waals surface area contributed by atoms with E-state index in [0.29, 0.717) is 29.6 Å². The van der Waals surface area contributed by atoms with Gasteiger partial charge in [0.25, 0.3) is 0 Å². The monoisotopic (exact) mass is 991 g/mol. The van der Waals surface area contributed by atoms with Crippen molar-refractivity contribution in [3.63, 3.8) is 0 Å². The van der Waals surface area contributed by atoms with Crippen LogP contribution in [0, 0.1) is 17.8 Å². The minimum Gasteiger partial charge on any atom is -0.343 e. The summed E-state index contributed by atoms with van der Waals surface area (Å²) in [4.78, 5) is 37.2. The first kappa shape index (κ1) is 60.7. The lowest BCUT2D eigenvalue weighted by Crippen LogP contribution is -2.44. The lowest BCUT2D eigenvalue weighted by atomic mass is 9.94. The number of hydrogen-bond acceptors (Lipinski definition) is 8. The summed E-state index contributed by atoms with van der Waals surface area (Å²) in [5, 5.41) is 3.34.